The molecule has 4 heterocycles. The van der Waals surface area contributed by atoms with Crippen molar-refractivity contribution >= 4 is 20.4 Å². The Morgan fingerprint density at radius 3 is 1.21 bits per heavy atom. The Morgan fingerprint density at radius 2 is 0.822 bits per heavy atom. The molecular formula is C63H55N2O7P. The van der Waals surface area contributed by atoms with Gasteiger partial charge < -0.3 is 23.5 Å². The summed E-state index contributed by atoms with van der Waals surface area (Å²) in [5.41, 5.74) is 6.53. The van der Waals surface area contributed by atoms with E-state index in [1.807, 2.05) is 135 Å². The molecule has 0 amide bonds. The first-order valence-corrected chi connectivity index (χ1v) is 26.1. The molecule has 73 heavy (non-hydrogen) atoms. The monoisotopic (exact) mass is 982 g/mol. The van der Waals surface area contributed by atoms with Gasteiger partial charge in [0.2, 0.25) is 0 Å². The first kappa shape index (κ1) is 46.8. The van der Waals surface area contributed by atoms with Crippen molar-refractivity contribution in [1.29, 1.82) is 0 Å². The van der Waals surface area contributed by atoms with E-state index < -0.39 is 37.8 Å². The van der Waals surface area contributed by atoms with E-state index in [1.165, 1.54) is 0 Å². The van der Waals surface area contributed by atoms with Crippen LogP contribution in [0.25, 0.3) is 11.1 Å². The average molecular weight is 983 g/mol. The smallest absolute Gasteiger partial charge is 0.399 e. The second-order valence-electron chi connectivity index (χ2n) is 19.3. The van der Waals surface area contributed by atoms with Gasteiger partial charge in [0.25, 0.3) is 0 Å². The van der Waals surface area contributed by atoms with Crippen LogP contribution in [0.1, 0.15) is 64.9 Å². The third kappa shape index (κ3) is 9.18. The van der Waals surface area contributed by atoms with Gasteiger partial charge in [0, 0.05) is 0 Å². The second kappa shape index (κ2) is 20.0. The highest BCUT2D eigenvalue weighted by Crippen LogP contribution is 2.65. The highest BCUT2D eigenvalue weighted by atomic mass is 31.2. The van der Waals surface area contributed by atoms with Gasteiger partial charge in [0.1, 0.15) is 49.2 Å². The zero-order valence-electron chi connectivity index (χ0n) is 40.6. The van der Waals surface area contributed by atoms with Crippen LogP contribution in [0.2, 0.25) is 0 Å². The fourth-order valence-corrected chi connectivity index (χ4v) is 12.2. The SMILES string of the molecule is CC1(C)O[C@@H]2[C@@H](O1)C(c1ccccc1)(c1ccccc1)OP(Oc1ccc(-c3ccc(CC(C4=N[C@H](c5ccccc5)CO4)C4=N[C@H](c5ccccc5)CO4)cc3)cc1)OC2(c1ccccc1)c1ccccc1. The number of fused-ring (bicyclic) bond motifs is 1. The fourth-order valence-electron chi connectivity index (χ4n) is 10.7. The lowest BCUT2D eigenvalue weighted by Crippen LogP contribution is -2.53. The fraction of sp³-hybridized carbons (Fsp3) is 0.206. The molecule has 2 saturated heterocycles. The molecule has 0 radical (unpaired) electrons. The van der Waals surface area contributed by atoms with Crippen molar-refractivity contribution in [3.8, 4) is 16.9 Å². The van der Waals surface area contributed by atoms with Gasteiger partial charge in [-0.2, -0.15) is 0 Å². The minimum Gasteiger partial charge on any atom is -0.478 e. The van der Waals surface area contributed by atoms with Crippen LogP contribution in [0.3, 0.4) is 0 Å². The molecule has 8 aromatic rings. The summed E-state index contributed by atoms with van der Waals surface area (Å²) in [6, 6.07) is 78.1. The highest BCUT2D eigenvalue weighted by Gasteiger charge is 2.67. The highest BCUT2D eigenvalue weighted by molar-refractivity contribution is 7.42. The first-order valence-electron chi connectivity index (χ1n) is 25.0. The topological polar surface area (TPSA) is 89.3 Å². The van der Waals surface area contributed by atoms with E-state index in [0.29, 0.717) is 37.2 Å². The molecule has 0 N–H and O–H groups in total. The summed E-state index contributed by atoms with van der Waals surface area (Å²) in [7, 11) is -2.22. The van der Waals surface area contributed by atoms with E-state index in [1.54, 1.807) is 0 Å². The maximum Gasteiger partial charge on any atom is 0.399 e. The first-order chi connectivity index (χ1) is 35.8. The van der Waals surface area contributed by atoms with E-state index in [2.05, 4.69) is 109 Å². The number of rotatable bonds is 13. The Morgan fingerprint density at radius 1 is 0.466 bits per heavy atom. The summed E-state index contributed by atoms with van der Waals surface area (Å²) in [5, 5.41) is 0. The maximum atomic E-state index is 7.55. The van der Waals surface area contributed by atoms with Crippen molar-refractivity contribution < 1.29 is 32.5 Å². The molecule has 0 aromatic heterocycles. The third-order valence-electron chi connectivity index (χ3n) is 14.2. The molecule has 0 aliphatic carbocycles. The quantitative estimate of drug-likeness (QED) is 0.106. The normalized spacial score (nSPS) is 21.8. The molecular weight excluding hydrogens is 928 g/mol. The number of benzene rings is 8. The Hall–Kier alpha value is -7.23. The molecule has 10 heteroatoms. The lowest BCUT2D eigenvalue weighted by atomic mass is 9.72. The van der Waals surface area contributed by atoms with Crippen LogP contribution in [0.15, 0.2) is 241 Å². The zero-order chi connectivity index (χ0) is 49.2. The minimum atomic E-state index is -2.22. The summed E-state index contributed by atoms with van der Waals surface area (Å²) in [5.74, 6) is 0.635. The number of ether oxygens (including phenoxy) is 4. The Balaban J connectivity index is 0.866. The number of nitrogens with zero attached hydrogens (tertiary/aromatic N) is 2. The standard InChI is InChI=1S/C63H55N2O7P/c1-61(2)68-57-58(69-61)63(51-29-17-7-18-30-51,52-31-19-8-20-32-52)72-73(71-62(57,49-25-13-5-14-26-49)50-27-15-6-16-28-50)70-53-39-37-46(38-40-53)45-35-33-44(34-36-45)41-54(59-64-55(42-66-59)47-21-9-3-10-22-47)60-65-56(43-67-60)48-23-11-4-12-24-48/h3-40,54-58H,41-43H2,1-2H3/t55-,56-,57+,58+/m0/s1. The molecule has 364 valence electrons. The Labute approximate surface area is 428 Å². The third-order valence-corrected chi connectivity index (χ3v) is 15.5. The van der Waals surface area contributed by atoms with Crippen molar-refractivity contribution in [2.24, 2.45) is 15.9 Å². The molecule has 8 aromatic carbocycles. The number of aliphatic imine (C=N–C) groups is 2. The van der Waals surface area contributed by atoms with Crippen LogP contribution in [0.4, 0.5) is 0 Å². The molecule has 0 unspecified atom stereocenters. The summed E-state index contributed by atoms with van der Waals surface area (Å²) in [6.07, 6.45) is -0.800. The van der Waals surface area contributed by atoms with E-state index in [4.69, 9.17) is 42.5 Å². The average Bonchev–Trinajstić information content (AvgIpc) is 4.22. The maximum absolute atomic E-state index is 7.55. The van der Waals surface area contributed by atoms with E-state index in [-0.39, 0.29) is 18.0 Å². The van der Waals surface area contributed by atoms with Crippen LogP contribution in [-0.4, -0.2) is 43.0 Å². The molecule has 4 aliphatic rings. The molecule has 4 atom stereocenters. The summed E-state index contributed by atoms with van der Waals surface area (Å²) in [6.45, 7) is 4.87. The van der Waals surface area contributed by atoms with Gasteiger partial charge in [-0.25, -0.2) is 9.98 Å². The van der Waals surface area contributed by atoms with Crippen LogP contribution in [0.5, 0.6) is 5.75 Å². The number of hydrogen-bond acceptors (Lipinski definition) is 9. The largest absolute Gasteiger partial charge is 0.478 e. The summed E-state index contributed by atoms with van der Waals surface area (Å²) < 4.78 is 49.2. The van der Waals surface area contributed by atoms with Gasteiger partial charge in [-0.1, -0.05) is 218 Å². The van der Waals surface area contributed by atoms with Crippen LogP contribution in [0, 0.1) is 5.92 Å². The minimum absolute atomic E-state index is 0.0810. The zero-order valence-corrected chi connectivity index (χ0v) is 41.5. The molecule has 12 rings (SSSR count). The van der Waals surface area contributed by atoms with Gasteiger partial charge in [0.05, 0.1) is 0 Å². The van der Waals surface area contributed by atoms with Crippen molar-refractivity contribution in [3.63, 3.8) is 0 Å². The lowest BCUT2D eigenvalue weighted by molar-refractivity contribution is -0.175. The second-order valence-corrected chi connectivity index (χ2v) is 20.3. The van der Waals surface area contributed by atoms with Crippen molar-refractivity contribution in [2.45, 2.75) is 61.5 Å². The molecule has 0 bridgehead atoms. The number of hydrogen-bond donors (Lipinski definition) is 0. The van der Waals surface area contributed by atoms with Crippen LogP contribution >= 0.6 is 8.60 Å². The summed E-state index contributed by atoms with van der Waals surface area (Å²) in [4.78, 5) is 10.2. The predicted octanol–water partition coefficient (Wildman–Crippen LogP) is 13.9. The van der Waals surface area contributed by atoms with Gasteiger partial charge >= 0.3 is 8.60 Å². The molecule has 4 aliphatic heterocycles. The van der Waals surface area contributed by atoms with E-state index >= 15 is 0 Å². The van der Waals surface area contributed by atoms with Crippen molar-refractivity contribution in [1.82, 2.24) is 0 Å². The summed E-state index contributed by atoms with van der Waals surface area (Å²) >= 11 is 0. The van der Waals surface area contributed by atoms with Crippen molar-refractivity contribution in [3.05, 3.63) is 269 Å². The molecule has 9 nitrogen and oxygen atoms in total. The van der Waals surface area contributed by atoms with E-state index in [0.717, 1.165) is 50.1 Å². The Bertz CT molecular complexity index is 2930. The van der Waals surface area contributed by atoms with Gasteiger partial charge in [-0.3, -0.25) is 9.05 Å². The van der Waals surface area contributed by atoms with Crippen LogP contribution < -0.4 is 4.52 Å². The van der Waals surface area contributed by atoms with Crippen LogP contribution in [-0.2, 0) is 45.6 Å². The predicted molar refractivity (Wildman–Crippen MR) is 285 cm³/mol. The van der Waals surface area contributed by atoms with E-state index in [9.17, 15) is 0 Å². The molecule has 0 spiro atoms. The Kier molecular flexibility index (Phi) is 12.8. The molecule has 2 fully saturated rings. The lowest BCUT2D eigenvalue weighted by Gasteiger charge is -2.41. The van der Waals surface area contributed by atoms with Gasteiger partial charge in [0.15, 0.2) is 28.8 Å². The van der Waals surface area contributed by atoms with Crippen molar-refractivity contribution in [2.75, 3.05) is 13.2 Å². The molecule has 0 saturated carbocycles. The van der Waals surface area contributed by atoms with Gasteiger partial charge in [-0.05, 0) is 82.5 Å². The van der Waals surface area contributed by atoms with Gasteiger partial charge in [-0.15, -0.1) is 0 Å².